The number of hydrogen-bond acceptors (Lipinski definition) is 6. The number of carbonyl (C=O) groups is 2. The predicted octanol–water partition coefficient (Wildman–Crippen LogP) is 5.18. The number of H-pyrrole nitrogens is 1. The average molecular weight is 530 g/mol. The Kier molecular flexibility index (Phi) is 9.58. The highest BCUT2D eigenvalue weighted by Crippen LogP contribution is 2.29. The number of aliphatic hydroxyl groups excluding tert-OH is 1. The van der Waals surface area contributed by atoms with E-state index in [2.05, 4.69) is 15.6 Å². The van der Waals surface area contributed by atoms with E-state index in [9.17, 15) is 14.7 Å². The first-order valence-corrected chi connectivity index (χ1v) is 13.1. The van der Waals surface area contributed by atoms with Gasteiger partial charge in [-0.2, -0.15) is 0 Å². The molecule has 4 N–H and O–H groups in total. The summed E-state index contributed by atoms with van der Waals surface area (Å²) in [6.45, 7) is 4.01. The van der Waals surface area contributed by atoms with Gasteiger partial charge in [0.05, 0.1) is 12.6 Å². The van der Waals surface area contributed by atoms with Gasteiger partial charge in [0.1, 0.15) is 19.3 Å². The van der Waals surface area contributed by atoms with Crippen molar-refractivity contribution in [2.24, 2.45) is 5.92 Å². The molecule has 2 atom stereocenters. The molecule has 3 aromatic carbocycles. The Hall–Kier alpha value is -4.30. The number of alkyl carbamates (subject to hydrolysis) is 1. The largest absolute Gasteiger partial charge is 0.459 e. The molecule has 8 heteroatoms. The van der Waals surface area contributed by atoms with Crippen LogP contribution in [0.15, 0.2) is 85.1 Å². The van der Waals surface area contributed by atoms with Crippen molar-refractivity contribution in [3.05, 3.63) is 102 Å². The molecule has 0 saturated heterocycles. The normalized spacial score (nSPS) is 12.6. The van der Waals surface area contributed by atoms with Crippen LogP contribution in [0.25, 0.3) is 10.9 Å². The topological polar surface area (TPSA) is 113 Å². The lowest BCUT2D eigenvalue weighted by molar-refractivity contribution is -0.146. The summed E-state index contributed by atoms with van der Waals surface area (Å²) in [5.74, 6) is -0.365. The molecule has 4 aromatic rings. The highest BCUT2D eigenvalue weighted by molar-refractivity contribution is 5.96. The molecule has 0 aliphatic carbocycles. The third-order valence-corrected chi connectivity index (χ3v) is 6.46. The Labute approximate surface area is 228 Å². The van der Waals surface area contributed by atoms with Crippen molar-refractivity contribution < 1.29 is 24.2 Å². The van der Waals surface area contributed by atoms with Gasteiger partial charge in [0.15, 0.2) is 0 Å². The Morgan fingerprint density at radius 3 is 2.13 bits per heavy atom. The quantitative estimate of drug-likeness (QED) is 0.188. The molecule has 8 nitrogen and oxygen atoms in total. The van der Waals surface area contributed by atoms with Crippen LogP contribution >= 0.6 is 0 Å². The molecule has 0 bridgehead atoms. The van der Waals surface area contributed by atoms with E-state index in [0.29, 0.717) is 6.42 Å². The first kappa shape index (κ1) is 27.7. The van der Waals surface area contributed by atoms with Crippen molar-refractivity contribution in [3.8, 4) is 0 Å². The van der Waals surface area contributed by atoms with Crippen molar-refractivity contribution in [2.45, 2.75) is 45.6 Å². The maximum atomic E-state index is 13.0. The molecule has 0 radical (unpaired) electrons. The van der Waals surface area contributed by atoms with Gasteiger partial charge in [0.25, 0.3) is 0 Å². The molecular formula is C31H35N3O5. The number of esters is 1. The maximum Gasteiger partial charge on any atom is 0.407 e. The molecule has 0 aliphatic heterocycles. The fourth-order valence-electron chi connectivity index (χ4n) is 4.38. The first-order chi connectivity index (χ1) is 18.9. The molecule has 39 heavy (non-hydrogen) atoms. The predicted molar refractivity (Wildman–Crippen MR) is 151 cm³/mol. The van der Waals surface area contributed by atoms with Crippen molar-refractivity contribution in [2.75, 3.05) is 11.9 Å². The maximum absolute atomic E-state index is 13.0. The van der Waals surface area contributed by atoms with Crippen molar-refractivity contribution in [1.29, 1.82) is 0 Å². The molecule has 0 spiro atoms. The summed E-state index contributed by atoms with van der Waals surface area (Å²) in [5, 5.41) is 17.0. The van der Waals surface area contributed by atoms with E-state index in [1.807, 2.05) is 98.9 Å². The third-order valence-electron chi connectivity index (χ3n) is 6.46. The number of carbonyl (C=O) groups excluding carboxylic acids is 2. The standard InChI is InChI=1S/C31H35N3O5/c1-21(2)29(30(36)38-19-22-10-5-3-6-11-22)34-27-15-9-14-26-28(27)24(17-32-26)16-25(18-35)33-31(37)39-20-23-12-7-4-8-13-23/h3-15,17,21,25,29,32,34-35H,16,18-20H2,1-2H3,(H,33,37)/t25-,29-/m0/s1. The van der Waals surface area contributed by atoms with Crippen LogP contribution in [0.5, 0.6) is 0 Å². The number of aromatic amines is 1. The minimum atomic E-state index is -0.600. The molecule has 204 valence electrons. The summed E-state index contributed by atoms with van der Waals surface area (Å²) in [6.07, 6.45) is 1.62. The van der Waals surface area contributed by atoms with Gasteiger partial charge in [-0.1, -0.05) is 80.6 Å². The zero-order valence-electron chi connectivity index (χ0n) is 22.2. The lowest BCUT2D eigenvalue weighted by atomic mass is 10.0. The number of rotatable bonds is 12. The van der Waals surface area contributed by atoms with Crippen LogP contribution in [0.1, 0.15) is 30.5 Å². The number of aromatic nitrogens is 1. The Morgan fingerprint density at radius 1 is 0.872 bits per heavy atom. The van der Waals surface area contributed by atoms with E-state index in [1.54, 1.807) is 0 Å². The van der Waals surface area contributed by atoms with E-state index >= 15 is 0 Å². The first-order valence-electron chi connectivity index (χ1n) is 13.1. The molecule has 4 rings (SSSR count). The number of aliphatic hydroxyl groups is 1. The molecule has 0 aliphatic rings. The van der Waals surface area contributed by atoms with Gasteiger partial charge in [-0.25, -0.2) is 9.59 Å². The van der Waals surface area contributed by atoms with Crippen LogP contribution in [0, 0.1) is 5.92 Å². The fraction of sp³-hybridized carbons (Fsp3) is 0.290. The van der Waals surface area contributed by atoms with E-state index in [4.69, 9.17) is 9.47 Å². The number of fused-ring (bicyclic) bond motifs is 1. The van der Waals surface area contributed by atoms with Gasteiger partial charge in [0.2, 0.25) is 0 Å². The Balaban J connectivity index is 1.44. The second kappa shape index (κ2) is 13.5. The summed E-state index contributed by atoms with van der Waals surface area (Å²) in [6, 6.07) is 23.6. The summed E-state index contributed by atoms with van der Waals surface area (Å²) >= 11 is 0. The van der Waals surface area contributed by atoms with Gasteiger partial charge >= 0.3 is 12.1 Å². The molecule has 1 amide bonds. The lowest BCUT2D eigenvalue weighted by Gasteiger charge is -2.23. The van der Waals surface area contributed by atoms with Crippen molar-refractivity contribution >= 4 is 28.7 Å². The smallest absolute Gasteiger partial charge is 0.407 e. The number of ether oxygens (including phenoxy) is 2. The average Bonchev–Trinajstić information content (AvgIpc) is 3.37. The molecule has 1 heterocycles. The van der Waals surface area contributed by atoms with E-state index in [1.165, 1.54) is 0 Å². The van der Waals surface area contributed by atoms with Crippen LogP contribution in [-0.4, -0.2) is 40.8 Å². The minimum Gasteiger partial charge on any atom is -0.459 e. The number of benzene rings is 3. The number of hydrogen-bond donors (Lipinski definition) is 4. The van der Waals surface area contributed by atoms with E-state index in [-0.39, 0.29) is 31.7 Å². The number of amides is 1. The number of nitrogens with one attached hydrogen (secondary N) is 3. The molecular weight excluding hydrogens is 494 g/mol. The monoisotopic (exact) mass is 529 g/mol. The molecule has 0 unspecified atom stereocenters. The van der Waals surface area contributed by atoms with Gasteiger partial charge in [0, 0.05) is 22.8 Å². The van der Waals surface area contributed by atoms with Gasteiger partial charge in [-0.3, -0.25) is 0 Å². The fourth-order valence-corrected chi connectivity index (χ4v) is 4.38. The highest BCUT2D eigenvalue weighted by atomic mass is 16.5. The van der Waals surface area contributed by atoms with Crippen LogP contribution < -0.4 is 10.6 Å². The second-order valence-electron chi connectivity index (χ2n) is 9.79. The van der Waals surface area contributed by atoms with Gasteiger partial charge < -0.3 is 30.2 Å². The molecule has 1 aromatic heterocycles. The Bertz CT molecular complexity index is 1350. The van der Waals surface area contributed by atoms with Crippen LogP contribution in [-0.2, 0) is 33.9 Å². The molecule has 0 fully saturated rings. The SMILES string of the molecule is CC(C)[C@H](Nc1cccc2[nH]cc(C[C@@H](CO)NC(=O)OCc3ccccc3)c12)C(=O)OCc1ccccc1. The highest BCUT2D eigenvalue weighted by Gasteiger charge is 2.25. The zero-order chi connectivity index (χ0) is 27.6. The second-order valence-corrected chi connectivity index (χ2v) is 9.79. The Morgan fingerprint density at radius 2 is 1.51 bits per heavy atom. The number of anilines is 1. The van der Waals surface area contributed by atoms with Crippen molar-refractivity contribution in [1.82, 2.24) is 10.3 Å². The zero-order valence-corrected chi connectivity index (χ0v) is 22.2. The minimum absolute atomic E-state index is 0.0304. The third kappa shape index (κ3) is 7.61. The summed E-state index contributed by atoms with van der Waals surface area (Å²) in [4.78, 5) is 28.7. The van der Waals surface area contributed by atoms with Gasteiger partial charge in [-0.05, 0) is 41.2 Å². The van der Waals surface area contributed by atoms with Crippen LogP contribution in [0.3, 0.4) is 0 Å². The van der Waals surface area contributed by atoms with Gasteiger partial charge in [-0.15, -0.1) is 0 Å². The summed E-state index contributed by atoms with van der Waals surface area (Å²) < 4.78 is 10.9. The summed E-state index contributed by atoms with van der Waals surface area (Å²) in [7, 11) is 0. The lowest BCUT2D eigenvalue weighted by Crippen LogP contribution is -2.39. The molecule has 0 saturated carbocycles. The van der Waals surface area contributed by atoms with Crippen LogP contribution in [0.4, 0.5) is 10.5 Å². The van der Waals surface area contributed by atoms with E-state index in [0.717, 1.165) is 33.3 Å². The van der Waals surface area contributed by atoms with Crippen molar-refractivity contribution in [3.63, 3.8) is 0 Å². The van der Waals surface area contributed by atoms with Crippen LogP contribution in [0.2, 0.25) is 0 Å². The summed E-state index contributed by atoms with van der Waals surface area (Å²) in [5.41, 5.74) is 4.33. The van der Waals surface area contributed by atoms with E-state index < -0.39 is 18.2 Å².